The van der Waals surface area contributed by atoms with Gasteiger partial charge in [0.05, 0.1) is 5.57 Å². The molecule has 1 saturated heterocycles. The van der Waals surface area contributed by atoms with Gasteiger partial charge in [-0.3, -0.25) is 14.5 Å². The van der Waals surface area contributed by atoms with E-state index in [0.717, 1.165) is 24.5 Å². The number of alkyl halides is 3. The lowest BCUT2D eigenvalue weighted by Gasteiger charge is -2.45. The van der Waals surface area contributed by atoms with E-state index in [-0.39, 0.29) is 35.8 Å². The van der Waals surface area contributed by atoms with Crippen molar-refractivity contribution >= 4 is 5.91 Å². The molecule has 1 aliphatic heterocycles. The zero-order valence-electron chi connectivity index (χ0n) is 21.3. The van der Waals surface area contributed by atoms with Gasteiger partial charge in [-0.15, -0.1) is 0 Å². The van der Waals surface area contributed by atoms with Crippen molar-refractivity contribution < 1.29 is 18.0 Å². The summed E-state index contributed by atoms with van der Waals surface area (Å²) in [6, 6.07) is 1.87. The van der Waals surface area contributed by atoms with E-state index in [1.165, 1.54) is 6.08 Å². The number of H-pyrrole nitrogens is 1. The predicted molar refractivity (Wildman–Crippen MR) is 131 cm³/mol. The number of nitrogens with one attached hydrogen (secondary N) is 3. The van der Waals surface area contributed by atoms with Gasteiger partial charge in [-0.2, -0.15) is 13.2 Å². The lowest BCUT2D eigenvalue weighted by Crippen LogP contribution is -2.55. The largest absolute Gasteiger partial charge is 0.416 e. The highest BCUT2D eigenvalue weighted by molar-refractivity contribution is 5.95. The van der Waals surface area contributed by atoms with Crippen molar-refractivity contribution in [3.63, 3.8) is 0 Å². The van der Waals surface area contributed by atoms with Crippen molar-refractivity contribution in [2.75, 3.05) is 6.54 Å². The maximum absolute atomic E-state index is 13.9. The van der Waals surface area contributed by atoms with Gasteiger partial charge in [0, 0.05) is 53.5 Å². The van der Waals surface area contributed by atoms with Gasteiger partial charge in [-0.25, -0.2) is 0 Å². The Bertz CT molecular complexity index is 1050. The molecule has 0 spiro atoms. The van der Waals surface area contributed by atoms with Crippen LogP contribution in [0.15, 0.2) is 34.2 Å². The first-order valence-corrected chi connectivity index (χ1v) is 12.3. The topological polar surface area (TPSA) is 77.2 Å². The fraction of sp³-hybridized carbons (Fsp3) is 0.615. The second-order valence-electron chi connectivity index (χ2n) is 10.0. The average Bonchev–Trinajstić information content (AvgIpc) is 2.73. The lowest BCUT2D eigenvalue weighted by molar-refractivity contribution is -0.118. The van der Waals surface area contributed by atoms with Crippen LogP contribution >= 0.6 is 0 Å². The molecule has 1 aliphatic carbocycles. The summed E-state index contributed by atoms with van der Waals surface area (Å²) in [7, 11) is 0. The highest BCUT2D eigenvalue weighted by Crippen LogP contribution is 2.37. The molecule has 2 aliphatic rings. The molecular formula is C26H37F3N4O2. The van der Waals surface area contributed by atoms with Gasteiger partial charge in [0.25, 0.3) is 5.56 Å². The normalized spacial score (nSPS) is 27.4. The lowest BCUT2D eigenvalue weighted by atomic mass is 9.82. The van der Waals surface area contributed by atoms with Crippen LogP contribution in [0.25, 0.3) is 0 Å². The molecule has 0 radical (unpaired) electrons. The van der Waals surface area contributed by atoms with E-state index in [4.69, 9.17) is 0 Å². The molecule has 9 heteroatoms. The summed E-state index contributed by atoms with van der Waals surface area (Å²) in [6.07, 6.45) is -0.668. The Morgan fingerprint density at radius 3 is 2.34 bits per heavy atom. The molecule has 3 N–H and O–H groups in total. The number of pyridine rings is 1. The van der Waals surface area contributed by atoms with Crippen LogP contribution < -0.4 is 16.2 Å². The van der Waals surface area contributed by atoms with E-state index in [1.54, 1.807) is 26.8 Å². The molecule has 5 atom stereocenters. The fourth-order valence-electron chi connectivity index (χ4n) is 5.58. The molecule has 1 amide bonds. The molecule has 194 valence electrons. The number of amides is 1. The summed E-state index contributed by atoms with van der Waals surface area (Å²) in [5, 5.41) is 6.17. The molecule has 6 nitrogen and oxygen atoms in total. The van der Waals surface area contributed by atoms with E-state index in [9.17, 15) is 22.8 Å². The molecule has 0 bridgehead atoms. The number of likely N-dealkylation sites (N-methyl/N-ethyl adjacent to an activating group) is 1. The number of carbonyl (C=O) groups excluding carboxylic acids is 1. The minimum Gasteiger partial charge on any atom is -0.348 e. The number of aryl methyl sites for hydroxylation is 2. The Morgan fingerprint density at radius 2 is 1.80 bits per heavy atom. The van der Waals surface area contributed by atoms with E-state index < -0.39 is 29.6 Å². The molecule has 2 heterocycles. The molecular weight excluding hydrogens is 457 g/mol. The molecule has 1 aromatic rings. The quantitative estimate of drug-likeness (QED) is 0.561. The summed E-state index contributed by atoms with van der Waals surface area (Å²) < 4.78 is 41.7. The number of rotatable bonds is 6. The predicted octanol–water partition coefficient (Wildman–Crippen LogP) is 3.89. The van der Waals surface area contributed by atoms with Crippen LogP contribution in [-0.4, -0.2) is 52.7 Å². The first-order chi connectivity index (χ1) is 16.3. The number of aromatic nitrogens is 1. The fourth-order valence-corrected chi connectivity index (χ4v) is 5.58. The molecule has 0 aromatic carbocycles. The van der Waals surface area contributed by atoms with Gasteiger partial charge in [-0.05, 0) is 64.8 Å². The number of hydrogen-bond acceptors (Lipinski definition) is 4. The first kappa shape index (κ1) is 27.2. The zero-order chi connectivity index (χ0) is 26.1. The Labute approximate surface area is 205 Å². The number of hydrogen-bond donors (Lipinski definition) is 3. The van der Waals surface area contributed by atoms with Gasteiger partial charge in [0.2, 0.25) is 5.91 Å². The first-order valence-electron chi connectivity index (χ1n) is 12.3. The summed E-state index contributed by atoms with van der Waals surface area (Å²) >= 11 is 0. The molecule has 1 fully saturated rings. The van der Waals surface area contributed by atoms with Crippen LogP contribution in [0, 0.1) is 19.8 Å². The van der Waals surface area contributed by atoms with Crippen LogP contribution in [0.1, 0.15) is 57.4 Å². The van der Waals surface area contributed by atoms with Crippen LogP contribution in [0.5, 0.6) is 0 Å². The zero-order valence-corrected chi connectivity index (χ0v) is 21.3. The number of carbonyl (C=O) groups is 1. The Balaban J connectivity index is 1.88. The van der Waals surface area contributed by atoms with E-state index >= 15 is 0 Å². The van der Waals surface area contributed by atoms with E-state index in [2.05, 4.69) is 34.4 Å². The molecule has 1 aromatic heterocycles. The highest BCUT2D eigenvalue weighted by Gasteiger charge is 2.42. The number of nitrogens with zero attached hydrogens (tertiary/aromatic N) is 1. The second kappa shape index (κ2) is 10.7. The number of allylic oxidation sites excluding steroid dienone is 2. The van der Waals surface area contributed by atoms with E-state index in [0.29, 0.717) is 17.8 Å². The molecule has 0 saturated carbocycles. The maximum Gasteiger partial charge on any atom is 0.416 e. The third-order valence-electron chi connectivity index (χ3n) is 7.21. The van der Waals surface area contributed by atoms with Gasteiger partial charge >= 0.3 is 6.18 Å². The highest BCUT2D eigenvalue weighted by atomic mass is 19.4. The van der Waals surface area contributed by atoms with Gasteiger partial charge < -0.3 is 15.6 Å². The molecule has 3 rings (SSSR count). The molecule has 4 unspecified atom stereocenters. The van der Waals surface area contributed by atoms with Crippen molar-refractivity contribution in [3.05, 3.63) is 56.5 Å². The van der Waals surface area contributed by atoms with Crippen LogP contribution in [-0.2, 0) is 11.3 Å². The Hall–Kier alpha value is -2.39. The third kappa shape index (κ3) is 6.25. The van der Waals surface area contributed by atoms with Gasteiger partial charge in [0.15, 0.2) is 0 Å². The van der Waals surface area contributed by atoms with Crippen molar-refractivity contribution in [1.29, 1.82) is 0 Å². The smallest absolute Gasteiger partial charge is 0.348 e. The van der Waals surface area contributed by atoms with E-state index in [1.807, 2.05) is 6.92 Å². The minimum absolute atomic E-state index is 0.0547. The van der Waals surface area contributed by atoms with Crippen molar-refractivity contribution in [3.8, 4) is 0 Å². The standard InChI is InChI=1S/C26H37F3N4O2/c1-7-33(20-9-16(4)31-17(5)10-20)23-12-19(26(27,28)29)11-21(18(23)6)24(34)30-13-22-14(2)8-15(3)32-25(22)35/h8,11-12,16-18,20,23,31H,7,9-10,13H2,1-6H3,(H,30,34)(H,32,35)/t16-,17?,18?,20?,23?/m1/s1. The number of piperidine rings is 1. The SMILES string of the molecule is CCN(C1CC(C)N[C@H](C)C1)C1C=C(C(F)(F)F)C=C(C(=O)NCc2c(C)cc(C)[nH]c2=O)C1C. The maximum atomic E-state index is 13.9. The summed E-state index contributed by atoms with van der Waals surface area (Å²) in [5.74, 6) is -1.03. The summed E-state index contributed by atoms with van der Waals surface area (Å²) in [5.41, 5.74) is 0.785. The van der Waals surface area contributed by atoms with Crippen molar-refractivity contribution in [1.82, 2.24) is 20.5 Å². The van der Waals surface area contributed by atoms with Crippen LogP contribution in [0.2, 0.25) is 0 Å². The van der Waals surface area contributed by atoms with Crippen LogP contribution in [0.3, 0.4) is 0 Å². The summed E-state index contributed by atoms with van der Waals surface area (Å²) in [6.45, 7) is 12.0. The van der Waals surface area contributed by atoms with Crippen molar-refractivity contribution in [2.24, 2.45) is 5.92 Å². The Kier molecular flexibility index (Phi) is 8.32. The number of halogens is 3. The second-order valence-corrected chi connectivity index (χ2v) is 10.0. The van der Waals surface area contributed by atoms with Crippen LogP contribution in [0.4, 0.5) is 13.2 Å². The monoisotopic (exact) mass is 494 g/mol. The number of aromatic amines is 1. The summed E-state index contributed by atoms with van der Waals surface area (Å²) in [4.78, 5) is 30.3. The van der Waals surface area contributed by atoms with Gasteiger partial charge in [0.1, 0.15) is 0 Å². The Morgan fingerprint density at radius 1 is 1.17 bits per heavy atom. The minimum atomic E-state index is -4.57. The average molecular weight is 495 g/mol. The van der Waals surface area contributed by atoms with Crippen molar-refractivity contribution in [2.45, 2.75) is 91.3 Å². The van der Waals surface area contributed by atoms with Gasteiger partial charge in [-0.1, -0.05) is 19.9 Å². The molecule has 35 heavy (non-hydrogen) atoms. The third-order valence-corrected chi connectivity index (χ3v) is 7.21.